The summed E-state index contributed by atoms with van der Waals surface area (Å²) in [6.07, 6.45) is -0.511. The highest BCUT2D eigenvalue weighted by molar-refractivity contribution is 6.13. The van der Waals surface area contributed by atoms with E-state index in [0.717, 1.165) is 27.6 Å². The number of fused-ring (bicyclic) bond motifs is 2. The largest absolute Gasteiger partial charge is 0.361 e. The summed E-state index contributed by atoms with van der Waals surface area (Å²) in [6, 6.07) is 38.9. The van der Waals surface area contributed by atoms with Crippen molar-refractivity contribution in [3.05, 3.63) is 126 Å². The summed E-state index contributed by atoms with van der Waals surface area (Å²) in [5.41, 5.74) is 3.07. The maximum atomic E-state index is 13.5. The number of anilines is 1. The SMILES string of the molecule is O=C1[C@H](OCc2ccccc2)[C@@H](c2ccccc2)N1c1cccc2cc3ccccc3cc12. The van der Waals surface area contributed by atoms with Gasteiger partial charge in [0.2, 0.25) is 0 Å². The molecule has 1 fully saturated rings. The van der Waals surface area contributed by atoms with Gasteiger partial charge in [0.25, 0.3) is 5.91 Å². The Hall–Kier alpha value is -3.95. The van der Waals surface area contributed by atoms with Crippen LogP contribution in [0.15, 0.2) is 115 Å². The molecule has 1 aliphatic heterocycles. The molecule has 0 radical (unpaired) electrons. The first-order valence-electron chi connectivity index (χ1n) is 11.2. The summed E-state index contributed by atoms with van der Waals surface area (Å²) in [7, 11) is 0. The average molecular weight is 430 g/mol. The van der Waals surface area contributed by atoms with Crippen molar-refractivity contribution in [1.82, 2.24) is 0 Å². The molecule has 0 N–H and O–H groups in total. The smallest absolute Gasteiger partial charge is 0.259 e. The van der Waals surface area contributed by atoms with E-state index in [1.807, 2.05) is 71.6 Å². The zero-order chi connectivity index (χ0) is 22.2. The fraction of sp³-hybridized carbons (Fsp3) is 0.100. The Morgan fingerprint density at radius 2 is 1.30 bits per heavy atom. The molecular weight excluding hydrogens is 406 g/mol. The number of hydrogen-bond acceptors (Lipinski definition) is 2. The Kier molecular flexibility index (Phi) is 4.89. The van der Waals surface area contributed by atoms with Gasteiger partial charge in [0.15, 0.2) is 6.10 Å². The minimum absolute atomic E-state index is 0.000410. The van der Waals surface area contributed by atoms with E-state index in [-0.39, 0.29) is 11.9 Å². The van der Waals surface area contributed by atoms with Crippen LogP contribution >= 0.6 is 0 Å². The van der Waals surface area contributed by atoms with Crippen molar-refractivity contribution in [2.24, 2.45) is 0 Å². The lowest BCUT2D eigenvalue weighted by atomic mass is 9.88. The Balaban J connectivity index is 1.41. The van der Waals surface area contributed by atoms with Gasteiger partial charge < -0.3 is 4.74 Å². The highest BCUT2D eigenvalue weighted by Gasteiger charge is 2.50. The second-order valence-corrected chi connectivity index (χ2v) is 8.48. The van der Waals surface area contributed by atoms with Crippen LogP contribution in [0.2, 0.25) is 0 Å². The van der Waals surface area contributed by atoms with Crippen LogP contribution in [0.5, 0.6) is 0 Å². The van der Waals surface area contributed by atoms with E-state index in [1.54, 1.807) is 0 Å². The second kappa shape index (κ2) is 8.19. The molecule has 0 saturated carbocycles. The maximum absolute atomic E-state index is 13.5. The normalized spacial score (nSPS) is 17.9. The molecule has 6 rings (SSSR count). The summed E-state index contributed by atoms with van der Waals surface area (Å²) in [6.45, 7) is 0.411. The molecule has 1 heterocycles. The summed E-state index contributed by atoms with van der Waals surface area (Å²) in [5.74, 6) is 0.000410. The van der Waals surface area contributed by atoms with Crippen molar-refractivity contribution in [2.75, 3.05) is 4.90 Å². The van der Waals surface area contributed by atoms with Crippen LogP contribution in [-0.4, -0.2) is 12.0 Å². The Morgan fingerprint density at radius 1 is 0.667 bits per heavy atom. The fourth-order valence-corrected chi connectivity index (χ4v) is 4.79. The van der Waals surface area contributed by atoms with Gasteiger partial charge in [-0.2, -0.15) is 0 Å². The highest BCUT2D eigenvalue weighted by atomic mass is 16.5. The molecule has 33 heavy (non-hydrogen) atoms. The maximum Gasteiger partial charge on any atom is 0.259 e. The predicted molar refractivity (Wildman–Crippen MR) is 133 cm³/mol. The highest BCUT2D eigenvalue weighted by Crippen LogP contribution is 2.44. The van der Waals surface area contributed by atoms with E-state index < -0.39 is 6.10 Å². The van der Waals surface area contributed by atoms with Gasteiger partial charge in [-0.1, -0.05) is 97.1 Å². The minimum atomic E-state index is -0.511. The molecule has 0 bridgehead atoms. The van der Waals surface area contributed by atoms with Gasteiger partial charge in [-0.25, -0.2) is 0 Å². The topological polar surface area (TPSA) is 29.5 Å². The summed E-state index contributed by atoms with van der Waals surface area (Å²) in [4.78, 5) is 15.4. The number of carbonyl (C=O) groups is 1. The van der Waals surface area contributed by atoms with Crippen LogP contribution in [0, 0.1) is 0 Å². The van der Waals surface area contributed by atoms with Crippen LogP contribution in [0.4, 0.5) is 5.69 Å². The third-order valence-corrected chi connectivity index (χ3v) is 6.44. The third-order valence-electron chi connectivity index (χ3n) is 6.44. The lowest BCUT2D eigenvalue weighted by Crippen LogP contribution is -2.60. The van der Waals surface area contributed by atoms with E-state index in [0.29, 0.717) is 6.61 Å². The van der Waals surface area contributed by atoms with Crippen molar-refractivity contribution in [2.45, 2.75) is 18.8 Å². The third kappa shape index (κ3) is 3.47. The zero-order valence-electron chi connectivity index (χ0n) is 18.1. The van der Waals surface area contributed by atoms with E-state index >= 15 is 0 Å². The molecule has 0 aromatic heterocycles. The first-order valence-corrected chi connectivity index (χ1v) is 11.2. The summed E-state index contributed by atoms with van der Waals surface area (Å²) < 4.78 is 6.19. The molecule has 5 aromatic rings. The van der Waals surface area contributed by atoms with Crippen molar-refractivity contribution < 1.29 is 9.53 Å². The number of hydrogen-bond donors (Lipinski definition) is 0. The van der Waals surface area contributed by atoms with Crippen LogP contribution in [0.1, 0.15) is 17.2 Å². The van der Waals surface area contributed by atoms with Gasteiger partial charge in [0.05, 0.1) is 18.3 Å². The molecule has 0 aliphatic carbocycles. The lowest BCUT2D eigenvalue weighted by Gasteiger charge is -2.47. The molecule has 3 heteroatoms. The van der Waals surface area contributed by atoms with E-state index in [9.17, 15) is 4.79 Å². The lowest BCUT2D eigenvalue weighted by molar-refractivity contribution is -0.143. The number of ether oxygens (including phenoxy) is 1. The van der Waals surface area contributed by atoms with Crippen molar-refractivity contribution >= 4 is 33.1 Å². The molecule has 0 unspecified atom stereocenters. The summed E-state index contributed by atoms with van der Waals surface area (Å²) >= 11 is 0. The van der Waals surface area contributed by atoms with E-state index in [2.05, 4.69) is 48.5 Å². The molecule has 1 saturated heterocycles. The number of benzene rings is 5. The van der Waals surface area contributed by atoms with Gasteiger partial charge in [0.1, 0.15) is 0 Å². The zero-order valence-corrected chi connectivity index (χ0v) is 18.1. The fourth-order valence-electron chi connectivity index (χ4n) is 4.79. The number of β-lactam (4-membered cyclic amide) rings is 1. The number of rotatable bonds is 5. The standard InChI is InChI=1S/C30H23NO2/c32-30-29(33-20-21-10-3-1-4-11-21)28(22-12-5-2-6-13-22)31(30)27-17-9-16-25-18-23-14-7-8-15-24(23)19-26(25)27/h1-19,28-29H,20H2/t28-,29-/m1/s1. The molecule has 5 aromatic carbocycles. The number of nitrogens with zero attached hydrogens (tertiary/aromatic N) is 1. The molecule has 0 spiro atoms. The molecule has 1 aliphatic rings. The quantitative estimate of drug-likeness (QED) is 0.231. The number of carbonyl (C=O) groups excluding carboxylic acids is 1. The molecule has 160 valence electrons. The van der Waals surface area contributed by atoms with Crippen molar-refractivity contribution in [3.8, 4) is 0 Å². The van der Waals surface area contributed by atoms with Crippen molar-refractivity contribution in [3.63, 3.8) is 0 Å². The van der Waals surface area contributed by atoms with Crippen molar-refractivity contribution in [1.29, 1.82) is 0 Å². The number of amides is 1. The Bertz CT molecular complexity index is 1450. The van der Waals surface area contributed by atoms with Gasteiger partial charge in [0, 0.05) is 5.39 Å². The summed E-state index contributed by atoms with van der Waals surface area (Å²) in [5, 5.41) is 4.56. The van der Waals surface area contributed by atoms with Gasteiger partial charge in [-0.15, -0.1) is 0 Å². The first kappa shape index (κ1) is 19.7. The molecule has 3 nitrogen and oxygen atoms in total. The van der Waals surface area contributed by atoms with Crippen LogP contribution in [0.25, 0.3) is 21.5 Å². The van der Waals surface area contributed by atoms with Crippen LogP contribution < -0.4 is 4.90 Å². The molecule has 1 amide bonds. The van der Waals surface area contributed by atoms with Gasteiger partial charge >= 0.3 is 0 Å². The van der Waals surface area contributed by atoms with Crippen LogP contribution in [0.3, 0.4) is 0 Å². The Morgan fingerprint density at radius 3 is 2.06 bits per heavy atom. The monoisotopic (exact) mass is 429 g/mol. The second-order valence-electron chi connectivity index (χ2n) is 8.48. The van der Waals surface area contributed by atoms with Gasteiger partial charge in [-0.05, 0) is 45.5 Å². The minimum Gasteiger partial charge on any atom is -0.361 e. The molecular formula is C30H23NO2. The van der Waals surface area contributed by atoms with E-state index in [4.69, 9.17) is 4.74 Å². The predicted octanol–water partition coefficient (Wildman–Crippen LogP) is 6.67. The average Bonchev–Trinajstić information content (AvgIpc) is 2.87. The van der Waals surface area contributed by atoms with E-state index in [1.165, 1.54) is 10.8 Å². The van der Waals surface area contributed by atoms with Crippen LogP contribution in [-0.2, 0) is 16.1 Å². The molecule has 2 atom stereocenters. The first-order chi connectivity index (χ1) is 16.3. The Labute approximate surface area is 192 Å². The van der Waals surface area contributed by atoms with Gasteiger partial charge in [-0.3, -0.25) is 9.69 Å².